The van der Waals surface area contributed by atoms with Gasteiger partial charge in [-0.25, -0.2) is 9.18 Å². The first-order valence-corrected chi connectivity index (χ1v) is 11.1. The zero-order valence-corrected chi connectivity index (χ0v) is 18.7. The molecule has 4 aromatic rings. The summed E-state index contributed by atoms with van der Waals surface area (Å²) in [5, 5.41) is 2.33. The third-order valence-corrected chi connectivity index (χ3v) is 6.06. The van der Waals surface area contributed by atoms with Crippen LogP contribution in [0.3, 0.4) is 0 Å². The van der Waals surface area contributed by atoms with Gasteiger partial charge in [0.1, 0.15) is 18.2 Å². The zero-order valence-electron chi connectivity index (χ0n) is 17.9. The number of piperazine rings is 1. The van der Waals surface area contributed by atoms with Crippen molar-refractivity contribution in [1.82, 2.24) is 9.88 Å². The number of fused-ring (bicyclic) bond motifs is 2. The maximum absolute atomic E-state index is 13.5. The Morgan fingerprint density at radius 1 is 1.09 bits per heavy atom. The van der Waals surface area contributed by atoms with E-state index in [0.717, 1.165) is 54.8 Å². The van der Waals surface area contributed by atoms with E-state index in [4.69, 9.17) is 20.8 Å². The van der Waals surface area contributed by atoms with Gasteiger partial charge in [0.2, 0.25) is 0 Å². The SMILES string of the molecule is C=C(COc1ccc2ccc(F)cc2c1)CN1CCN(c2cc(Cl)cc3[nH]c(=O)oc23)CC1. The molecular weight excluding hydrogens is 445 g/mol. The quantitative estimate of drug-likeness (QED) is 0.412. The summed E-state index contributed by atoms with van der Waals surface area (Å²) in [6.07, 6.45) is 0. The van der Waals surface area contributed by atoms with E-state index in [0.29, 0.717) is 28.5 Å². The predicted molar refractivity (Wildman–Crippen MR) is 129 cm³/mol. The van der Waals surface area contributed by atoms with E-state index in [1.165, 1.54) is 12.1 Å². The van der Waals surface area contributed by atoms with E-state index in [1.807, 2.05) is 24.3 Å². The number of ether oxygens (including phenoxy) is 1. The summed E-state index contributed by atoms with van der Waals surface area (Å²) in [4.78, 5) is 18.8. The van der Waals surface area contributed by atoms with Crippen LogP contribution in [0.5, 0.6) is 5.75 Å². The number of H-pyrrole nitrogens is 1. The summed E-state index contributed by atoms with van der Waals surface area (Å²) in [7, 11) is 0. The van der Waals surface area contributed by atoms with E-state index in [-0.39, 0.29) is 5.82 Å². The number of hydrogen-bond donors (Lipinski definition) is 1. The highest BCUT2D eigenvalue weighted by molar-refractivity contribution is 6.31. The van der Waals surface area contributed by atoms with E-state index in [1.54, 1.807) is 12.1 Å². The molecule has 33 heavy (non-hydrogen) atoms. The molecule has 0 unspecified atom stereocenters. The molecule has 3 aromatic carbocycles. The van der Waals surface area contributed by atoms with Gasteiger partial charge in [-0.3, -0.25) is 9.88 Å². The molecule has 6 nitrogen and oxygen atoms in total. The Kier molecular flexibility index (Phi) is 5.83. The van der Waals surface area contributed by atoms with Crippen molar-refractivity contribution in [1.29, 1.82) is 0 Å². The van der Waals surface area contributed by atoms with Crippen LogP contribution in [-0.4, -0.2) is 49.2 Å². The summed E-state index contributed by atoms with van der Waals surface area (Å²) in [5.74, 6) is -0.0580. The highest BCUT2D eigenvalue weighted by atomic mass is 35.5. The van der Waals surface area contributed by atoms with Gasteiger partial charge in [0, 0.05) is 37.7 Å². The van der Waals surface area contributed by atoms with Gasteiger partial charge in [-0.05, 0) is 52.7 Å². The second kappa shape index (κ2) is 8.92. The lowest BCUT2D eigenvalue weighted by atomic mass is 10.1. The first kappa shape index (κ1) is 21.6. The second-order valence-corrected chi connectivity index (χ2v) is 8.71. The fraction of sp³-hybridized carbons (Fsp3) is 0.240. The molecule has 1 aliphatic rings. The molecule has 2 heterocycles. The Bertz CT molecular complexity index is 1390. The van der Waals surface area contributed by atoms with Gasteiger partial charge < -0.3 is 14.1 Å². The molecule has 1 N–H and O–H groups in total. The predicted octanol–water partition coefficient (Wildman–Crippen LogP) is 4.82. The number of aromatic amines is 1. The molecule has 1 aromatic heterocycles. The highest BCUT2D eigenvalue weighted by Gasteiger charge is 2.21. The van der Waals surface area contributed by atoms with Crippen molar-refractivity contribution in [3.8, 4) is 5.75 Å². The Labute approximate surface area is 194 Å². The van der Waals surface area contributed by atoms with Crippen molar-refractivity contribution in [3.63, 3.8) is 0 Å². The number of oxazole rings is 1. The third-order valence-electron chi connectivity index (χ3n) is 5.84. The van der Waals surface area contributed by atoms with Gasteiger partial charge in [-0.1, -0.05) is 30.3 Å². The zero-order chi connectivity index (χ0) is 22.9. The molecule has 0 spiro atoms. The number of hydrogen-bond acceptors (Lipinski definition) is 5. The number of benzene rings is 3. The second-order valence-electron chi connectivity index (χ2n) is 8.27. The Hall–Kier alpha value is -3.29. The van der Waals surface area contributed by atoms with Crippen molar-refractivity contribution in [2.45, 2.75) is 0 Å². The minimum atomic E-state index is -0.486. The maximum Gasteiger partial charge on any atom is 0.417 e. The van der Waals surface area contributed by atoms with Crippen LogP contribution in [0, 0.1) is 5.82 Å². The topological polar surface area (TPSA) is 61.7 Å². The molecule has 0 atom stereocenters. The smallest absolute Gasteiger partial charge is 0.417 e. The van der Waals surface area contributed by atoms with Crippen molar-refractivity contribution < 1.29 is 13.5 Å². The monoisotopic (exact) mass is 467 g/mol. The molecule has 0 radical (unpaired) electrons. The summed E-state index contributed by atoms with van der Waals surface area (Å²) in [6, 6.07) is 13.9. The molecule has 0 bridgehead atoms. The van der Waals surface area contributed by atoms with Crippen molar-refractivity contribution in [3.05, 3.63) is 82.1 Å². The molecule has 8 heteroatoms. The van der Waals surface area contributed by atoms with Gasteiger partial charge in [0.05, 0.1) is 11.2 Å². The number of anilines is 1. The van der Waals surface area contributed by atoms with Crippen molar-refractivity contribution in [2.75, 3.05) is 44.2 Å². The standard InChI is InChI=1S/C25H23ClFN3O3/c1-16(15-32-21-5-3-17-2-4-20(27)10-18(17)11-21)14-29-6-8-30(9-7-29)23-13-19(26)12-22-24(23)33-25(31)28-22/h2-5,10-13H,1,6-9,14-15H2,(H,28,31). The summed E-state index contributed by atoms with van der Waals surface area (Å²) in [6.45, 7) is 8.48. The molecule has 1 saturated heterocycles. The number of halogens is 2. The van der Waals surface area contributed by atoms with Crippen LogP contribution in [0.1, 0.15) is 0 Å². The fourth-order valence-corrected chi connectivity index (χ4v) is 4.43. The Morgan fingerprint density at radius 2 is 1.88 bits per heavy atom. The molecule has 170 valence electrons. The lowest BCUT2D eigenvalue weighted by Crippen LogP contribution is -2.47. The van der Waals surface area contributed by atoms with Crippen LogP contribution in [0.15, 0.2) is 69.9 Å². The number of rotatable bonds is 6. The molecule has 1 fully saturated rings. The van der Waals surface area contributed by atoms with E-state index in [9.17, 15) is 9.18 Å². The molecule has 1 aliphatic heterocycles. The van der Waals surface area contributed by atoms with Crippen LogP contribution in [0.4, 0.5) is 10.1 Å². The normalized spacial score (nSPS) is 14.8. The molecule has 0 amide bonds. The van der Waals surface area contributed by atoms with Crippen molar-refractivity contribution in [2.24, 2.45) is 0 Å². The average Bonchev–Trinajstić information content (AvgIpc) is 3.17. The fourth-order valence-electron chi connectivity index (χ4n) is 4.22. The largest absolute Gasteiger partial charge is 0.489 e. The summed E-state index contributed by atoms with van der Waals surface area (Å²) in [5.41, 5.74) is 2.92. The summed E-state index contributed by atoms with van der Waals surface area (Å²) >= 11 is 6.23. The minimum Gasteiger partial charge on any atom is -0.489 e. The third kappa shape index (κ3) is 4.74. The first-order valence-electron chi connectivity index (χ1n) is 10.7. The van der Waals surface area contributed by atoms with Crippen LogP contribution in [0.2, 0.25) is 5.02 Å². The van der Waals surface area contributed by atoms with Gasteiger partial charge in [0.25, 0.3) is 0 Å². The lowest BCUT2D eigenvalue weighted by molar-refractivity contribution is 0.262. The van der Waals surface area contributed by atoms with Crippen molar-refractivity contribution >= 4 is 39.2 Å². The van der Waals surface area contributed by atoms with E-state index >= 15 is 0 Å². The molecular formula is C25H23ClFN3O3. The van der Waals surface area contributed by atoms with E-state index in [2.05, 4.69) is 21.4 Å². The molecule has 5 rings (SSSR count). The number of nitrogens with zero attached hydrogens (tertiary/aromatic N) is 2. The Morgan fingerprint density at radius 3 is 2.70 bits per heavy atom. The average molecular weight is 468 g/mol. The van der Waals surface area contributed by atoms with Crippen LogP contribution in [0.25, 0.3) is 21.9 Å². The van der Waals surface area contributed by atoms with Gasteiger partial charge in [0.15, 0.2) is 5.58 Å². The first-order chi connectivity index (χ1) is 15.9. The minimum absolute atomic E-state index is 0.264. The van der Waals surface area contributed by atoms with Gasteiger partial charge in [-0.15, -0.1) is 0 Å². The maximum atomic E-state index is 13.5. The van der Waals surface area contributed by atoms with E-state index < -0.39 is 5.76 Å². The number of nitrogens with one attached hydrogen (secondary N) is 1. The van der Waals surface area contributed by atoms with Crippen LogP contribution in [-0.2, 0) is 0 Å². The lowest BCUT2D eigenvalue weighted by Gasteiger charge is -2.36. The van der Waals surface area contributed by atoms with Gasteiger partial charge in [-0.2, -0.15) is 0 Å². The summed E-state index contributed by atoms with van der Waals surface area (Å²) < 4.78 is 24.7. The van der Waals surface area contributed by atoms with Gasteiger partial charge >= 0.3 is 5.76 Å². The Balaban J connectivity index is 1.16. The number of aromatic nitrogens is 1. The van der Waals surface area contributed by atoms with Crippen LogP contribution < -0.4 is 15.4 Å². The highest BCUT2D eigenvalue weighted by Crippen LogP contribution is 2.30. The molecule has 0 saturated carbocycles. The molecule has 0 aliphatic carbocycles. The van der Waals surface area contributed by atoms with Crippen LogP contribution >= 0.6 is 11.6 Å².